The maximum atomic E-state index is 12.0. The molecule has 2 N–H and O–H groups in total. The number of aromatic nitrogens is 2. The van der Waals surface area contributed by atoms with E-state index in [1.165, 1.54) is 0 Å². The first-order valence-electron chi connectivity index (χ1n) is 7.05. The number of hydrogen-bond donors (Lipinski definition) is 1. The molecule has 2 heterocycles. The van der Waals surface area contributed by atoms with E-state index in [4.69, 9.17) is 10.5 Å². The first-order valence-corrected chi connectivity index (χ1v) is 7.05. The van der Waals surface area contributed by atoms with Gasteiger partial charge in [-0.15, -0.1) is 0 Å². The first-order chi connectivity index (χ1) is 9.26. The average molecular weight is 280 g/mol. The molecular weight excluding hydrogens is 256 g/mol. The Kier molecular flexibility index (Phi) is 3.92. The largest absolute Gasteiger partial charge is 0.444 e. The Bertz CT molecular complexity index is 462. The van der Waals surface area contributed by atoms with Crippen molar-refractivity contribution in [2.75, 3.05) is 18.8 Å². The maximum Gasteiger partial charge on any atom is 0.410 e. The van der Waals surface area contributed by atoms with Crippen molar-refractivity contribution in [3.05, 3.63) is 11.8 Å². The molecule has 20 heavy (non-hydrogen) atoms. The lowest BCUT2D eigenvalue weighted by molar-refractivity contribution is 0.0185. The van der Waals surface area contributed by atoms with E-state index in [1.54, 1.807) is 4.90 Å². The third-order valence-corrected chi connectivity index (χ3v) is 3.44. The SMILES string of the molecule is Cc1cn(C2CCN(C(=O)OC(C)(C)C)CC2)nc1N. The Labute approximate surface area is 119 Å². The highest BCUT2D eigenvalue weighted by molar-refractivity contribution is 5.68. The Hall–Kier alpha value is -1.72. The average Bonchev–Trinajstić information content (AvgIpc) is 2.68. The third-order valence-electron chi connectivity index (χ3n) is 3.44. The van der Waals surface area contributed by atoms with Crippen LogP contribution in [0.4, 0.5) is 10.6 Å². The summed E-state index contributed by atoms with van der Waals surface area (Å²) in [6.45, 7) is 8.98. The number of nitrogens with zero attached hydrogens (tertiary/aromatic N) is 3. The Morgan fingerprint density at radius 3 is 2.45 bits per heavy atom. The number of anilines is 1. The monoisotopic (exact) mass is 280 g/mol. The summed E-state index contributed by atoms with van der Waals surface area (Å²) in [5.74, 6) is 0.583. The van der Waals surface area contributed by atoms with Crippen molar-refractivity contribution in [2.24, 2.45) is 0 Å². The van der Waals surface area contributed by atoms with E-state index in [-0.39, 0.29) is 6.09 Å². The molecule has 0 spiro atoms. The number of amides is 1. The number of ether oxygens (including phenoxy) is 1. The highest BCUT2D eigenvalue weighted by Gasteiger charge is 2.27. The van der Waals surface area contributed by atoms with Crippen LogP contribution < -0.4 is 5.73 Å². The van der Waals surface area contributed by atoms with E-state index in [0.717, 1.165) is 18.4 Å². The van der Waals surface area contributed by atoms with Crippen molar-refractivity contribution in [1.82, 2.24) is 14.7 Å². The van der Waals surface area contributed by atoms with Crippen LogP contribution in [0, 0.1) is 6.92 Å². The predicted molar refractivity (Wildman–Crippen MR) is 77.5 cm³/mol. The number of rotatable bonds is 1. The lowest BCUT2D eigenvalue weighted by atomic mass is 10.1. The van der Waals surface area contributed by atoms with Crippen molar-refractivity contribution in [3.8, 4) is 0 Å². The molecule has 0 aliphatic carbocycles. The topological polar surface area (TPSA) is 73.4 Å². The standard InChI is InChI=1S/C14H24N4O2/c1-10-9-18(16-12(10)15)11-5-7-17(8-6-11)13(19)20-14(2,3)4/h9,11H,5-8H2,1-4H3,(H2,15,16). The van der Waals surface area contributed by atoms with E-state index in [1.807, 2.05) is 38.6 Å². The smallest absolute Gasteiger partial charge is 0.410 e. The fourth-order valence-corrected chi connectivity index (χ4v) is 2.32. The highest BCUT2D eigenvalue weighted by Crippen LogP contribution is 2.24. The van der Waals surface area contributed by atoms with Crippen LogP contribution in [0.15, 0.2) is 6.20 Å². The number of nitrogens with two attached hydrogens (primary N) is 1. The second-order valence-corrected chi connectivity index (χ2v) is 6.38. The summed E-state index contributed by atoms with van der Waals surface area (Å²) < 4.78 is 7.31. The van der Waals surface area contributed by atoms with Gasteiger partial charge in [0, 0.05) is 24.8 Å². The quantitative estimate of drug-likeness (QED) is 0.857. The van der Waals surface area contributed by atoms with Gasteiger partial charge in [0.15, 0.2) is 0 Å². The lowest BCUT2D eigenvalue weighted by Crippen LogP contribution is -2.42. The first kappa shape index (κ1) is 14.7. The molecule has 0 bridgehead atoms. The van der Waals surface area contributed by atoms with Crippen LogP contribution in [0.2, 0.25) is 0 Å². The molecule has 6 nitrogen and oxygen atoms in total. The molecule has 1 aromatic rings. The lowest BCUT2D eigenvalue weighted by Gasteiger charge is -2.33. The van der Waals surface area contributed by atoms with E-state index < -0.39 is 5.60 Å². The summed E-state index contributed by atoms with van der Waals surface area (Å²) in [5, 5.41) is 4.32. The van der Waals surface area contributed by atoms with E-state index in [0.29, 0.717) is 24.9 Å². The zero-order valence-corrected chi connectivity index (χ0v) is 12.7. The second kappa shape index (κ2) is 5.34. The molecule has 2 rings (SSSR count). The van der Waals surface area contributed by atoms with Gasteiger partial charge in [0.2, 0.25) is 0 Å². The van der Waals surface area contributed by atoms with Gasteiger partial charge in [-0.2, -0.15) is 5.10 Å². The number of carbonyl (C=O) groups is 1. The minimum atomic E-state index is -0.443. The maximum absolute atomic E-state index is 12.0. The summed E-state index contributed by atoms with van der Waals surface area (Å²) in [5.41, 5.74) is 6.33. The molecule has 6 heteroatoms. The van der Waals surface area contributed by atoms with Crippen LogP contribution in [-0.2, 0) is 4.74 Å². The second-order valence-electron chi connectivity index (χ2n) is 6.38. The van der Waals surface area contributed by atoms with Gasteiger partial charge in [0.25, 0.3) is 0 Å². The van der Waals surface area contributed by atoms with E-state index >= 15 is 0 Å². The van der Waals surface area contributed by atoms with Gasteiger partial charge in [-0.1, -0.05) is 0 Å². The summed E-state index contributed by atoms with van der Waals surface area (Å²) in [7, 11) is 0. The molecule has 1 saturated heterocycles. The van der Waals surface area contributed by atoms with Crippen LogP contribution in [0.5, 0.6) is 0 Å². The number of aryl methyl sites for hydroxylation is 1. The van der Waals surface area contributed by atoms with Crippen molar-refractivity contribution >= 4 is 11.9 Å². The molecule has 0 aromatic carbocycles. The van der Waals surface area contributed by atoms with Crippen LogP contribution in [0.1, 0.15) is 45.2 Å². The van der Waals surface area contributed by atoms with Gasteiger partial charge in [-0.05, 0) is 40.5 Å². The van der Waals surface area contributed by atoms with E-state index in [2.05, 4.69) is 5.10 Å². The molecule has 1 aromatic heterocycles. The van der Waals surface area contributed by atoms with Crippen molar-refractivity contribution in [1.29, 1.82) is 0 Å². The Balaban J connectivity index is 1.91. The normalized spacial score (nSPS) is 17.3. The van der Waals surface area contributed by atoms with Gasteiger partial charge in [0.05, 0.1) is 6.04 Å². The minimum absolute atomic E-state index is 0.230. The number of likely N-dealkylation sites (tertiary alicyclic amines) is 1. The molecule has 1 amide bonds. The summed E-state index contributed by atoms with van der Waals surface area (Å²) in [6, 6.07) is 0.310. The number of hydrogen-bond acceptors (Lipinski definition) is 4. The zero-order valence-electron chi connectivity index (χ0n) is 12.7. The number of piperidine rings is 1. The molecule has 0 radical (unpaired) electrons. The number of nitrogen functional groups attached to an aromatic ring is 1. The summed E-state index contributed by atoms with van der Waals surface area (Å²) in [6.07, 6.45) is 3.50. The van der Waals surface area contributed by atoms with Crippen LogP contribution in [0.3, 0.4) is 0 Å². The van der Waals surface area contributed by atoms with Gasteiger partial charge in [0.1, 0.15) is 11.4 Å². The molecule has 1 aliphatic heterocycles. The third kappa shape index (κ3) is 3.43. The number of carbonyl (C=O) groups excluding carboxylic acids is 1. The van der Waals surface area contributed by atoms with Gasteiger partial charge in [-0.3, -0.25) is 4.68 Å². The fourth-order valence-electron chi connectivity index (χ4n) is 2.32. The molecule has 112 valence electrons. The van der Waals surface area contributed by atoms with E-state index in [9.17, 15) is 4.79 Å². The molecule has 1 fully saturated rings. The van der Waals surface area contributed by atoms with Gasteiger partial charge >= 0.3 is 6.09 Å². The molecule has 0 atom stereocenters. The van der Waals surface area contributed by atoms with Crippen molar-refractivity contribution in [2.45, 2.75) is 52.2 Å². The Morgan fingerprint density at radius 1 is 1.40 bits per heavy atom. The van der Waals surface area contributed by atoms with Crippen LogP contribution in [-0.4, -0.2) is 39.5 Å². The highest BCUT2D eigenvalue weighted by atomic mass is 16.6. The van der Waals surface area contributed by atoms with Gasteiger partial charge < -0.3 is 15.4 Å². The fraction of sp³-hybridized carbons (Fsp3) is 0.714. The Morgan fingerprint density at radius 2 is 2.00 bits per heavy atom. The predicted octanol–water partition coefficient (Wildman–Crippen LogP) is 2.35. The molecular formula is C14H24N4O2. The van der Waals surface area contributed by atoms with Crippen molar-refractivity contribution in [3.63, 3.8) is 0 Å². The molecule has 0 unspecified atom stereocenters. The molecule has 1 aliphatic rings. The van der Waals surface area contributed by atoms with Crippen LogP contribution >= 0.6 is 0 Å². The zero-order chi connectivity index (χ0) is 14.9. The minimum Gasteiger partial charge on any atom is -0.444 e. The van der Waals surface area contributed by atoms with Crippen LogP contribution in [0.25, 0.3) is 0 Å². The summed E-state index contributed by atoms with van der Waals surface area (Å²) in [4.78, 5) is 13.7. The summed E-state index contributed by atoms with van der Waals surface area (Å²) >= 11 is 0. The molecule has 0 saturated carbocycles. The van der Waals surface area contributed by atoms with Crippen molar-refractivity contribution < 1.29 is 9.53 Å². The van der Waals surface area contributed by atoms with Gasteiger partial charge in [-0.25, -0.2) is 4.79 Å².